The summed E-state index contributed by atoms with van der Waals surface area (Å²) in [6, 6.07) is 34.8. The van der Waals surface area contributed by atoms with Crippen LogP contribution in [0.1, 0.15) is 11.1 Å². The molecule has 0 aliphatic carbocycles. The normalized spacial score (nSPS) is 11.6. The van der Waals surface area contributed by atoms with Crippen LogP contribution in [0.5, 0.6) is 0 Å². The molecular weight excluding hydrogens is 510 g/mol. The van der Waals surface area contributed by atoms with Crippen molar-refractivity contribution in [3.05, 3.63) is 102 Å². The van der Waals surface area contributed by atoms with Crippen molar-refractivity contribution in [2.75, 3.05) is 4.90 Å². The second kappa shape index (κ2) is 7.41. The van der Waals surface area contributed by atoms with Crippen molar-refractivity contribution in [1.82, 2.24) is 0 Å². The van der Waals surface area contributed by atoms with Crippen LogP contribution in [-0.2, 0) is 21.1 Å². The van der Waals surface area contributed by atoms with Crippen LogP contribution in [0.15, 0.2) is 78.9 Å². The smallest absolute Gasteiger partial charge is 0.357 e. The number of nitrogens with zero attached hydrogens (tertiary/aromatic N) is 1. The van der Waals surface area contributed by atoms with Gasteiger partial charge in [0.15, 0.2) is 0 Å². The van der Waals surface area contributed by atoms with Crippen LogP contribution in [0.3, 0.4) is 0 Å². The molecule has 134 valence electrons. The second-order valence-electron chi connectivity index (χ2n) is 7.09. The van der Waals surface area contributed by atoms with E-state index in [1.54, 1.807) is 0 Å². The van der Waals surface area contributed by atoms with E-state index >= 15 is 0 Å². The van der Waals surface area contributed by atoms with E-state index in [1.165, 1.54) is 33.4 Å². The first-order chi connectivity index (χ1) is 13.2. The molecule has 4 aromatic rings. The van der Waals surface area contributed by atoms with Gasteiger partial charge in [0.05, 0.1) is 0 Å². The standard InChI is InChI=1S/C26H19N.W/c1-18-12-14-25-23(16-18)21-10-6-7-11-22(21)24-17-19(2)13-15-26(24)27(25)20-8-4-3-5-9-20;/h3-8,10-14,16-17H,1-2H3;/q-2;+2. The van der Waals surface area contributed by atoms with E-state index in [-0.39, 0.29) is 21.1 Å². The first-order valence-corrected chi connectivity index (χ1v) is 9.22. The number of fused-ring (bicyclic) bond motifs is 5. The van der Waals surface area contributed by atoms with Gasteiger partial charge in [-0.2, -0.15) is 48.0 Å². The van der Waals surface area contributed by atoms with Gasteiger partial charge in [-0.25, -0.2) is 0 Å². The maximum Gasteiger partial charge on any atom is 2.00 e. The van der Waals surface area contributed by atoms with Gasteiger partial charge in [-0.3, -0.25) is 0 Å². The van der Waals surface area contributed by atoms with Crippen molar-refractivity contribution < 1.29 is 21.1 Å². The van der Waals surface area contributed by atoms with Crippen LogP contribution in [0.4, 0.5) is 17.1 Å². The Morgan fingerprint density at radius 1 is 0.679 bits per heavy atom. The molecule has 0 N–H and O–H groups in total. The van der Waals surface area contributed by atoms with E-state index in [0.29, 0.717) is 0 Å². The fourth-order valence-electron chi connectivity index (χ4n) is 3.90. The molecule has 0 bridgehead atoms. The molecule has 0 fully saturated rings. The molecule has 0 spiro atoms. The van der Waals surface area contributed by atoms with Gasteiger partial charge < -0.3 is 4.90 Å². The largest absolute Gasteiger partial charge is 2.00 e. The van der Waals surface area contributed by atoms with Crippen molar-refractivity contribution in [2.45, 2.75) is 13.8 Å². The maximum atomic E-state index is 3.55. The molecule has 1 aliphatic rings. The third kappa shape index (κ3) is 3.01. The number of anilines is 3. The molecule has 1 aliphatic heterocycles. The van der Waals surface area contributed by atoms with Crippen molar-refractivity contribution in [2.24, 2.45) is 0 Å². The summed E-state index contributed by atoms with van der Waals surface area (Å²) in [4.78, 5) is 2.28. The Labute approximate surface area is 180 Å². The molecule has 0 atom stereocenters. The van der Waals surface area contributed by atoms with Crippen LogP contribution in [-0.4, -0.2) is 0 Å². The van der Waals surface area contributed by atoms with Crippen LogP contribution in [0.2, 0.25) is 0 Å². The number of rotatable bonds is 1. The summed E-state index contributed by atoms with van der Waals surface area (Å²) >= 11 is 0. The van der Waals surface area contributed by atoms with Crippen molar-refractivity contribution >= 4 is 17.1 Å². The molecule has 1 nitrogen and oxygen atoms in total. The fraction of sp³-hybridized carbons (Fsp3) is 0.0769. The summed E-state index contributed by atoms with van der Waals surface area (Å²) in [5, 5.41) is 0. The molecule has 4 aromatic carbocycles. The summed E-state index contributed by atoms with van der Waals surface area (Å²) in [7, 11) is 0. The van der Waals surface area contributed by atoms with Gasteiger partial charge in [0.1, 0.15) is 0 Å². The molecule has 0 unspecified atom stereocenters. The van der Waals surface area contributed by atoms with E-state index in [9.17, 15) is 0 Å². The SMILES string of the molecule is Cc1c[c-]c2c(c1)-c1ccccc1-c1cc(C)ccc1N2c1[c-]cccc1.[W+2]. The van der Waals surface area contributed by atoms with Crippen LogP contribution >= 0.6 is 0 Å². The first-order valence-electron chi connectivity index (χ1n) is 9.22. The van der Waals surface area contributed by atoms with Gasteiger partial charge >= 0.3 is 21.1 Å². The monoisotopic (exact) mass is 529 g/mol. The van der Waals surface area contributed by atoms with Gasteiger partial charge in [0, 0.05) is 11.3 Å². The minimum absolute atomic E-state index is 0. The molecule has 28 heavy (non-hydrogen) atoms. The molecule has 0 aromatic heterocycles. The predicted molar refractivity (Wildman–Crippen MR) is 113 cm³/mol. The topological polar surface area (TPSA) is 3.24 Å². The maximum absolute atomic E-state index is 3.55. The third-order valence-electron chi connectivity index (χ3n) is 5.12. The number of hydrogen-bond donors (Lipinski definition) is 0. The number of benzene rings is 4. The molecule has 0 saturated carbocycles. The average molecular weight is 529 g/mol. The quantitative estimate of drug-likeness (QED) is 0.211. The third-order valence-corrected chi connectivity index (χ3v) is 5.12. The molecule has 1 heterocycles. The van der Waals surface area contributed by atoms with E-state index in [4.69, 9.17) is 0 Å². The Balaban J connectivity index is 0.00000192. The number of para-hydroxylation sites is 1. The second-order valence-corrected chi connectivity index (χ2v) is 7.09. The van der Waals surface area contributed by atoms with Crippen molar-refractivity contribution in [3.63, 3.8) is 0 Å². The summed E-state index contributed by atoms with van der Waals surface area (Å²) in [5.74, 6) is 0. The van der Waals surface area contributed by atoms with Gasteiger partial charge in [-0.05, 0) is 24.6 Å². The Morgan fingerprint density at radius 2 is 1.39 bits per heavy atom. The van der Waals surface area contributed by atoms with Crippen LogP contribution in [0, 0.1) is 26.0 Å². The van der Waals surface area contributed by atoms with Crippen molar-refractivity contribution in [3.8, 4) is 22.3 Å². The van der Waals surface area contributed by atoms with Gasteiger partial charge in [-0.1, -0.05) is 59.8 Å². The van der Waals surface area contributed by atoms with E-state index in [0.717, 1.165) is 17.1 Å². The van der Waals surface area contributed by atoms with Crippen molar-refractivity contribution in [1.29, 1.82) is 0 Å². The Hall–Kier alpha value is -2.63. The zero-order chi connectivity index (χ0) is 18.4. The Kier molecular flexibility index (Phi) is 4.96. The molecule has 0 amide bonds. The van der Waals surface area contributed by atoms with E-state index in [2.05, 4.69) is 97.6 Å². The molecule has 0 radical (unpaired) electrons. The van der Waals surface area contributed by atoms with E-state index < -0.39 is 0 Å². The molecule has 2 heteroatoms. The van der Waals surface area contributed by atoms with Gasteiger partial charge in [0.2, 0.25) is 0 Å². The molecular formula is C26H19NW. The Bertz CT molecular complexity index is 1080. The van der Waals surface area contributed by atoms with Crippen LogP contribution < -0.4 is 4.90 Å². The summed E-state index contributed by atoms with van der Waals surface area (Å²) in [5.41, 5.74) is 10.7. The Morgan fingerprint density at radius 3 is 2.14 bits per heavy atom. The zero-order valence-corrected chi connectivity index (χ0v) is 18.8. The summed E-state index contributed by atoms with van der Waals surface area (Å²) in [6.07, 6.45) is 0. The fourth-order valence-corrected chi connectivity index (χ4v) is 3.90. The number of aryl methyl sites for hydroxylation is 2. The minimum Gasteiger partial charge on any atom is -0.357 e. The number of hydrogen-bond acceptors (Lipinski definition) is 1. The summed E-state index contributed by atoms with van der Waals surface area (Å²) < 4.78 is 0. The average Bonchev–Trinajstić information content (AvgIpc) is 2.82. The first kappa shape index (κ1) is 18.7. The van der Waals surface area contributed by atoms with Gasteiger partial charge in [0.25, 0.3) is 0 Å². The summed E-state index contributed by atoms with van der Waals surface area (Å²) in [6.45, 7) is 4.27. The minimum atomic E-state index is 0. The van der Waals surface area contributed by atoms with Crippen LogP contribution in [0.25, 0.3) is 22.3 Å². The molecule has 5 rings (SSSR count). The van der Waals surface area contributed by atoms with Gasteiger partial charge in [-0.15, -0.1) is 11.6 Å². The molecule has 0 saturated heterocycles. The van der Waals surface area contributed by atoms with E-state index in [1.807, 2.05) is 12.1 Å². The predicted octanol–water partition coefficient (Wildman–Crippen LogP) is 7.02. The zero-order valence-electron chi connectivity index (χ0n) is 15.9.